The Morgan fingerprint density at radius 1 is 1.26 bits per heavy atom. The number of nitrogens with one attached hydrogen (secondary N) is 1. The van der Waals surface area contributed by atoms with Crippen LogP contribution in [-0.4, -0.2) is 62.0 Å². The maximum Gasteiger partial charge on any atom is 0.332 e. The van der Waals surface area contributed by atoms with Gasteiger partial charge in [0.2, 0.25) is 5.91 Å². The third-order valence-electron chi connectivity index (χ3n) is 6.44. The maximum absolute atomic E-state index is 14.3. The summed E-state index contributed by atoms with van der Waals surface area (Å²) in [6, 6.07) is 3.26. The molecule has 0 aliphatic carbocycles. The van der Waals surface area contributed by atoms with Crippen LogP contribution in [0.15, 0.2) is 40.2 Å². The number of methoxy groups -OCH3 is 1. The fourth-order valence-electron chi connectivity index (χ4n) is 4.68. The number of ether oxygens (including phenoxy) is 2. The molecule has 1 saturated heterocycles. The van der Waals surface area contributed by atoms with Gasteiger partial charge in [0.05, 0.1) is 50.7 Å². The minimum absolute atomic E-state index is 0.0143. The molecule has 2 N–H and O–H groups in total. The second kappa shape index (κ2) is 10.5. The van der Waals surface area contributed by atoms with Gasteiger partial charge in [-0.05, 0) is 25.1 Å². The molecule has 1 aliphatic heterocycles. The highest BCUT2D eigenvalue weighted by Crippen LogP contribution is 2.34. The Hall–Kier alpha value is -3.88. The maximum atomic E-state index is 14.3. The summed E-state index contributed by atoms with van der Waals surface area (Å²) >= 11 is 1.16. The van der Waals surface area contributed by atoms with Crippen molar-refractivity contribution in [2.24, 2.45) is 0 Å². The van der Waals surface area contributed by atoms with E-state index in [1.807, 2.05) is 0 Å². The first-order valence-electron chi connectivity index (χ1n) is 11.8. The fourth-order valence-corrected chi connectivity index (χ4v) is 5.90. The van der Waals surface area contributed by atoms with Crippen LogP contribution in [0.1, 0.15) is 29.7 Å². The SMILES string of the molecule is COc1ccc(F)cc1[C@H](Cn1c(=O)n([C@H]2CNC(=O)C2)c(=O)c2c(C)c(-n3nccn3)sc21)OCCO. The van der Waals surface area contributed by atoms with E-state index >= 15 is 0 Å². The van der Waals surface area contributed by atoms with Gasteiger partial charge in [-0.1, -0.05) is 11.3 Å². The second-order valence-corrected chi connectivity index (χ2v) is 9.71. The summed E-state index contributed by atoms with van der Waals surface area (Å²) in [4.78, 5) is 41.3. The normalized spacial score (nSPS) is 16.2. The molecule has 2 atom stereocenters. The molecule has 1 aromatic carbocycles. The number of aryl methyl sites for hydroxylation is 1. The number of amides is 1. The van der Waals surface area contributed by atoms with Gasteiger partial charge in [0.1, 0.15) is 27.5 Å². The predicted molar refractivity (Wildman–Crippen MR) is 135 cm³/mol. The largest absolute Gasteiger partial charge is 0.496 e. The summed E-state index contributed by atoms with van der Waals surface area (Å²) in [6.45, 7) is 1.36. The first kappa shape index (κ1) is 25.8. The Morgan fingerprint density at radius 2 is 2.03 bits per heavy atom. The number of benzene rings is 1. The van der Waals surface area contributed by atoms with Crippen molar-refractivity contribution in [3.05, 3.63) is 68.4 Å². The summed E-state index contributed by atoms with van der Waals surface area (Å²) in [5, 5.41) is 21.3. The Balaban J connectivity index is 1.75. The highest BCUT2D eigenvalue weighted by Gasteiger charge is 2.31. The first-order valence-corrected chi connectivity index (χ1v) is 12.6. The smallest absolute Gasteiger partial charge is 0.332 e. The van der Waals surface area contributed by atoms with E-state index in [4.69, 9.17) is 9.47 Å². The van der Waals surface area contributed by atoms with Gasteiger partial charge in [0.25, 0.3) is 5.56 Å². The average Bonchev–Trinajstić information content (AvgIpc) is 3.64. The van der Waals surface area contributed by atoms with Crippen LogP contribution in [0.2, 0.25) is 0 Å². The Morgan fingerprint density at radius 3 is 2.68 bits per heavy atom. The highest BCUT2D eigenvalue weighted by atomic mass is 32.1. The minimum atomic E-state index is -0.920. The molecule has 12 nitrogen and oxygen atoms in total. The molecule has 200 valence electrons. The summed E-state index contributed by atoms with van der Waals surface area (Å²) in [5.74, 6) is -0.457. The van der Waals surface area contributed by atoms with Crippen molar-refractivity contribution in [1.29, 1.82) is 0 Å². The van der Waals surface area contributed by atoms with E-state index in [1.54, 1.807) is 6.92 Å². The molecule has 0 bridgehead atoms. The van der Waals surface area contributed by atoms with Gasteiger partial charge in [-0.25, -0.2) is 9.18 Å². The lowest BCUT2D eigenvalue weighted by atomic mass is 10.1. The van der Waals surface area contributed by atoms with E-state index < -0.39 is 29.2 Å². The van der Waals surface area contributed by atoms with Crippen LogP contribution in [0.25, 0.3) is 15.2 Å². The zero-order chi connectivity index (χ0) is 27.0. The number of thiophene rings is 1. The minimum Gasteiger partial charge on any atom is -0.496 e. The summed E-state index contributed by atoms with van der Waals surface area (Å²) < 4.78 is 28.0. The van der Waals surface area contributed by atoms with Gasteiger partial charge in [0.15, 0.2) is 0 Å². The van der Waals surface area contributed by atoms with Crippen LogP contribution in [0.3, 0.4) is 0 Å². The summed E-state index contributed by atoms with van der Waals surface area (Å²) in [6.07, 6.45) is 2.07. The van der Waals surface area contributed by atoms with Crippen molar-refractivity contribution in [1.82, 2.24) is 29.4 Å². The summed E-state index contributed by atoms with van der Waals surface area (Å²) in [5.41, 5.74) is -0.259. The van der Waals surface area contributed by atoms with Gasteiger partial charge >= 0.3 is 5.69 Å². The molecular weight excluding hydrogens is 519 g/mol. The molecular formula is C24H25FN6O6S. The molecule has 3 aromatic heterocycles. The van der Waals surface area contributed by atoms with E-state index in [1.165, 1.54) is 47.1 Å². The van der Waals surface area contributed by atoms with Gasteiger partial charge in [-0.3, -0.25) is 18.7 Å². The average molecular weight is 545 g/mol. The molecule has 0 saturated carbocycles. The second-order valence-electron chi connectivity index (χ2n) is 8.73. The molecule has 1 aliphatic rings. The Bertz CT molecular complexity index is 1610. The van der Waals surface area contributed by atoms with Crippen LogP contribution < -0.4 is 21.3 Å². The molecule has 38 heavy (non-hydrogen) atoms. The zero-order valence-electron chi connectivity index (χ0n) is 20.6. The van der Waals surface area contributed by atoms with Crippen LogP contribution in [0.5, 0.6) is 5.75 Å². The van der Waals surface area contributed by atoms with Crippen molar-refractivity contribution in [3.8, 4) is 10.8 Å². The number of hydrogen-bond acceptors (Lipinski definition) is 9. The zero-order valence-corrected chi connectivity index (χ0v) is 21.4. The number of nitrogens with zero attached hydrogens (tertiary/aromatic N) is 5. The quantitative estimate of drug-likeness (QED) is 0.319. The third-order valence-corrected chi connectivity index (χ3v) is 7.72. The van der Waals surface area contributed by atoms with Crippen molar-refractivity contribution in [2.75, 3.05) is 26.9 Å². The number of carbonyl (C=O) groups is 1. The van der Waals surface area contributed by atoms with Crippen molar-refractivity contribution in [3.63, 3.8) is 0 Å². The number of fused-ring (bicyclic) bond motifs is 1. The standard InChI is InChI=1S/C24H25FN6O6S/c1-13-20-21(34)30(15-10-19(33)26-11-15)24(35)29(23(20)38-22(13)31-27-5-6-28-31)12-18(37-8-7-32)16-9-14(25)3-4-17(16)36-2/h3-6,9,15,18,32H,7-8,10-12H2,1-2H3,(H,26,33)/t15-,18+/m1/s1. The Kier molecular flexibility index (Phi) is 7.10. The number of hydrogen-bond donors (Lipinski definition) is 2. The fraction of sp³-hybridized carbons (Fsp3) is 0.375. The number of aliphatic hydroxyl groups is 1. The number of halogens is 1. The van der Waals surface area contributed by atoms with E-state index in [-0.39, 0.29) is 44.0 Å². The lowest BCUT2D eigenvalue weighted by Gasteiger charge is -2.23. The first-order chi connectivity index (χ1) is 18.3. The monoisotopic (exact) mass is 544 g/mol. The lowest BCUT2D eigenvalue weighted by Crippen LogP contribution is -2.43. The number of carbonyl (C=O) groups excluding carboxylic acids is 1. The van der Waals surface area contributed by atoms with Gasteiger partial charge in [0, 0.05) is 24.1 Å². The topological polar surface area (TPSA) is 142 Å². The van der Waals surface area contributed by atoms with Gasteiger partial charge in [-0.15, -0.1) is 4.80 Å². The molecule has 0 radical (unpaired) electrons. The number of rotatable bonds is 9. The molecule has 5 rings (SSSR count). The molecule has 4 aromatic rings. The number of aromatic nitrogens is 5. The van der Waals surface area contributed by atoms with Gasteiger partial charge in [-0.2, -0.15) is 10.2 Å². The molecule has 1 amide bonds. The molecule has 4 heterocycles. The van der Waals surface area contributed by atoms with E-state index in [9.17, 15) is 23.9 Å². The highest BCUT2D eigenvalue weighted by molar-refractivity contribution is 7.21. The number of aliphatic hydroxyl groups excluding tert-OH is 1. The molecule has 14 heteroatoms. The lowest BCUT2D eigenvalue weighted by molar-refractivity contribution is -0.119. The van der Waals surface area contributed by atoms with Gasteiger partial charge < -0.3 is 19.9 Å². The van der Waals surface area contributed by atoms with E-state index in [0.717, 1.165) is 15.9 Å². The van der Waals surface area contributed by atoms with Crippen molar-refractivity contribution < 1.29 is 23.8 Å². The third kappa shape index (κ3) is 4.50. The van der Waals surface area contributed by atoms with Crippen LogP contribution in [-0.2, 0) is 16.1 Å². The predicted octanol–water partition coefficient (Wildman–Crippen LogP) is 1.07. The van der Waals surface area contributed by atoms with Crippen LogP contribution in [0.4, 0.5) is 4.39 Å². The molecule has 1 fully saturated rings. The van der Waals surface area contributed by atoms with Crippen molar-refractivity contribution in [2.45, 2.75) is 32.0 Å². The van der Waals surface area contributed by atoms with E-state index in [0.29, 0.717) is 26.7 Å². The summed E-state index contributed by atoms with van der Waals surface area (Å²) in [7, 11) is 1.43. The van der Waals surface area contributed by atoms with Crippen LogP contribution in [0, 0.1) is 12.7 Å². The molecule has 0 unspecified atom stereocenters. The van der Waals surface area contributed by atoms with Crippen molar-refractivity contribution >= 4 is 27.5 Å². The Labute approximate surface area is 218 Å². The van der Waals surface area contributed by atoms with E-state index in [2.05, 4.69) is 15.5 Å². The van der Waals surface area contributed by atoms with Crippen LogP contribution >= 0.6 is 11.3 Å². The molecule has 0 spiro atoms.